The summed E-state index contributed by atoms with van der Waals surface area (Å²) in [5.74, 6) is 1.12. The average Bonchev–Trinajstić information content (AvgIpc) is 2.88. The number of methoxy groups -OCH3 is 1. The largest absolute Gasteiger partial charge is 0.496 e. The average molecular weight is 326 g/mol. The molecule has 0 aromatic heterocycles. The molecular weight excluding hydrogens is 306 g/mol. The molecule has 4 heteroatoms. The normalized spacial score (nSPS) is 18.7. The molecule has 1 aromatic rings. The smallest absolute Gasteiger partial charge is 0.223 e. The molecule has 1 aliphatic heterocycles. The molecule has 1 aromatic carbocycles. The Morgan fingerprint density at radius 1 is 1.53 bits per heavy atom. The van der Waals surface area contributed by atoms with Crippen LogP contribution in [0.25, 0.3) is 0 Å². The molecule has 0 saturated carbocycles. The highest BCUT2D eigenvalue weighted by molar-refractivity contribution is 9.10. The zero-order valence-electron chi connectivity index (χ0n) is 11.5. The Balaban J connectivity index is 2.29. The first-order valence-corrected chi connectivity index (χ1v) is 7.59. The van der Waals surface area contributed by atoms with Gasteiger partial charge in [-0.05, 0) is 37.5 Å². The highest BCUT2D eigenvalue weighted by Crippen LogP contribution is 2.38. The van der Waals surface area contributed by atoms with E-state index in [2.05, 4.69) is 22.0 Å². The number of hydrogen-bond donors (Lipinski definition) is 0. The van der Waals surface area contributed by atoms with Gasteiger partial charge >= 0.3 is 0 Å². The number of ether oxygens (including phenoxy) is 1. The molecule has 3 nitrogen and oxygen atoms in total. The number of hydrogen-bond acceptors (Lipinski definition) is 2. The van der Waals surface area contributed by atoms with Gasteiger partial charge in [-0.3, -0.25) is 4.79 Å². The van der Waals surface area contributed by atoms with Crippen molar-refractivity contribution >= 4 is 21.8 Å². The Labute approximate surface area is 123 Å². The number of rotatable bonds is 4. The van der Waals surface area contributed by atoms with Gasteiger partial charge in [0.05, 0.1) is 13.2 Å². The summed E-state index contributed by atoms with van der Waals surface area (Å²) in [6.07, 6.45) is 3.61. The molecule has 1 aliphatic rings. The molecule has 104 valence electrons. The maximum atomic E-state index is 12.2. The maximum absolute atomic E-state index is 12.2. The van der Waals surface area contributed by atoms with E-state index in [0.29, 0.717) is 6.42 Å². The third-order valence-electron chi connectivity index (χ3n) is 3.59. The molecule has 1 saturated heterocycles. The maximum Gasteiger partial charge on any atom is 0.223 e. The summed E-state index contributed by atoms with van der Waals surface area (Å²) >= 11 is 3.50. The van der Waals surface area contributed by atoms with Gasteiger partial charge in [0.2, 0.25) is 5.91 Å². The van der Waals surface area contributed by atoms with Crippen LogP contribution in [0.3, 0.4) is 0 Å². The minimum atomic E-state index is 0.159. The fourth-order valence-corrected chi connectivity index (χ4v) is 3.09. The van der Waals surface area contributed by atoms with E-state index < -0.39 is 0 Å². The Kier molecular flexibility index (Phi) is 4.86. The summed E-state index contributed by atoms with van der Waals surface area (Å²) in [4.78, 5) is 14.2. The van der Waals surface area contributed by atoms with Gasteiger partial charge in [0.15, 0.2) is 0 Å². The van der Waals surface area contributed by atoms with Gasteiger partial charge in [-0.15, -0.1) is 0 Å². The van der Waals surface area contributed by atoms with E-state index in [0.717, 1.165) is 41.6 Å². The number of nitrogens with zero attached hydrogens (tertiary/aromatic N) is 1. The second-order valence-electron chi connectivity index (χ2n) is 4.88. The van der Waals surface area contributed by atoms with Gasteiger partial charge in [-0.1, -0.05) is 22.9 Å². The first-order chi connectivity index (χ1) is 9.17. The van der Waals surface area contributed by atoms with Crippen LogP contribution in [0.4, 0.5) is 0 Å². The van der Waals surface area contributed by atoms with E-state index in [9.17, 15) is 4.79 Å². The molecule has 0 N–H and O–H groups in total. The summed E-state index contributed by atoms with van der Waals surface area (Å²) in [6, 6.07) is 6.16. The lowest BCUT2D eigenvalue weighted by molar-refractivity contribution is -0.132. The van der Waals surface area contributed by atoms with Gasteiger partial charge in [0.25, 0.3) is 0 Å². The lowest BCUT2D eigenvalue weighted by Gasteiger charge is -2.26. The third-order valence-corrected chi connectivity index (χ3v) is 4.08. The minimum Gasteiger partial charge on any atom is -0.496 e. The lowest BCUT2D eigenvalue weighted by atomic mass is 10.0. The molecule has 0 radical (unpaired) electrons. The van der Waals surface area contributed by atoms with Crippen LogP contribution in [0.1, 0.15) is 44.2 Å². The van der Waals surface area contributed by atoms with Gasteiger partial charge in [-0.25, -0.2) is 0 Å². The van der Waals surface area contributed by atoms with Crippen molar-refractivity contribution in [3.8, 4) is 5.75 Å². The number of carbonyl (C=O) groups is 1. The molecule has 1 unspecified atom stereocenters. The van der Waals surface area contributed by atoms with Crippen LogP contribution in [0.5, 0.6) is 5.75 Å². The monoisotopic (exact) mass is 325 g/mol. The molecule has 0 aliphatic carbocycles. The predicted molar refractivity (Wildman–Crippen MR) is 79.3 cm³/mol. The van der Waals surface area contributed by atoms with Crippen LogP contribution < -0.4 is 4.74 Å². The Morgan fingerprint density at radius 3 is 3.00 bits per heavy atom. The lowest BCUT2D eigenvalue weighted by Crippen LogP contribution is -2.30. The van der Waals surface area contributed by atoms with Crippen LogP contribution in [0, 0.1) is 0 Å². The number of carbonyl (C=O) groups excluding carboxylic acids is 1. The van der Waals surface area contributed by atoms with Crippen LogP contribution >= 0.6 is 15.9 Å². The van der Waals surface area contributed by atoms with Gasteiger partial charge in [0, 0.05) is 23.0 Å². The minimum absolute atomic E-state index is 0.159. The van der Waals surface area contributed by atoms with Crippen molar-refractivity contribution in [2.24, 2.45) is 0 Å². The fraction of sp³-hybridized carbons (Fsp3) is 0.533. The molecule has 1 amide bonds. The first-order valence-electron chi connectivity index (χ1n) is 6.80. The standard InChI is InChI=1S/C15H20BrNO2/c1-3-5-15(18)17-9-4-6-13(17)12-10-11(16)7-8-14(12)19-2/h7-8,10,13H,3-6,9H2,1-2H3. The van der Waals surface area contributed by atoms with Crippen LogP contribution in [0.15, 0.2) is 22.7 Å². The summed E-state index contributed by atoms with van der Waals surface area (Å²) in [5.41, 5.74) is 1.11. The van der Waals surface area contributed by atoms with Crippen molar-refractivity contribution < 1.29 is 9.53 Å². The molecule has 0 bridgehead atoms. The summed E-state index contributed by atoms with van der Waals surface area (Å²) in [7, 11) is 1.68. The molecule has 1 atom stereocenters. The molecule has 0 spiro atoms. The molecular formula is C15H20BrNO2. The summed E-state index contributed by atoms with van der Waals surface area (Å²) < 4.78 is 6.47. The molecule has 2 rings (SSSR count). The highest BCUT2D eigenvalue weighted by atomic mass is 79.9. The second kappa shape index (κ2) is 6.42. The van der Waals surface area contributed by atoms with Crippen molar-refractivity contribution in [3.05, 3.63) is 28.2 Å². The van der Waals surface area contributed by atoms with Crippen LogP contribution in [-0.2, 0) is 4.79 Å². The van der Waals surface area contributed by atoms with Crippen molar-refractivity contribution in [2.75, 3.05) is 13.7 Å². The fourth-order valence-electron chi connectivity index (χ4n) is 2.71. The Hall–Kier alpha value is -1.03. The first kappa shape index (κ1) is 14.4. The zero-order valence-corrected chi connectivity index (χ0v) is 13.1. The second-order valence-corrected chi connectivity index (χ2v) is 5.80. The van der Waals surface area contributed by atoms with E-state index in [4.69, 9.17) is 4.74 Å². The molecule has 1 fully saturated rings. The van der Waals surface area contributed by atoms with E-state index in [1.165, 1.54) is 0 Å². The van der Waals surface area contributed by atoms with E-state index in [1.54, 1.807) is 7.11 Å². The van der Waals surface area contributed by atoms with Crippen molar-refractivity contribution in [2.45, 2.75) is 38.6 Å². The molecule has 19 heavy (non-hydrogen) atoms. The molecule has 1 heterocycles. The SMILES string of the molecule is CCCC(=O)N1CCCC1c1cc(Br)ccc1OC. The Bertz CT molecular complexity index is 461. The van der Waals surface area contributed by atoms with Crippen molar-refractivity contribution in [1.82, 2.24) is 4.90 Å². The zero-order chi connectivity index (χ0) is 13.8. The van der Waals surface area contributed by atoms with Gasteiger partial charge in [0.1, 0.15) is 5.75 Å². The van der Waals surface area contributed by atoms with Gasteiger partial charge in [-0.2, -0.15) is 0 Å². The Morgan fingerprint density at radius 2 is 2.32 bits per heavy atom. The van der Waals surface area contributed by atoms with E-state index in [-0.39, 0.29) is 11.9 Å². The van der Waals surface area contributed by atoms with Gasteiger partial charge < -0.3 is 9.64 Å². The number of halogens is 1. The van der Waals surface area contributed by atoms with Crippen LogP contribution in [0.2, 0.25) is 0 Å². The topological polar surface area (TPSA) is 29.5 Å². The van der Waals surface area contributed by atoms with E-state index >= 15 is 0 Å². The highest BCUT2D eigenvalue weighted by Gasteiger charge is 2.31. The number of likely N-dealkylation sites (tertiary alicyclic amines) is 1. The summed E-state index contributed by atoms with van der Waals surface area (Å²) in [5, 5.41) is 0. The number of amides is 1. The van der Waals surface area contributed by atoms with Crippen molar-refractivity contribution in [1.29, 1.82) is 0 Å². The quantitative estimate of drug-likeness (QED) is 0.839. The summed E-state index contributed by atoms with van der Waals surface area (Å²) in [6.45, 7) is 2.90. The van der Waals surface area contributed by atoms with Crippen LogP contribution in [-0.4, -0.2) is 24.5 Å². The number of benzene rings is 1. The van der Waals surface area contributed by atoms with E-state index in [1.807, 2.05) is 24.0 Å². The third kappa shape index (κ3) is 3.11. The predicted octanol–water partition coefficient (Wildman–Crippen LogP) is 3.92. The van der Waals surface area contributed by atoms with Crippen molar-refractivity contribution in [3.63, 3.8) is 0 Å².